The molecular formula is C11H12Br2N2O2. The molecule has 1 aliphatic rings. The highest BCUT2D eigenvalue weighted by Crippen LogP contribution is 2.43. The zero-order chi connectivity index (χ0) is 12.6. The number of nitro benzene ring substituents is 1. The van der Waals surface area contributed by atoms with E-state index in [1.165, 1.54) is 0 Å². The topological polar surface area (TPSA) is 46.4 Å². The summed E-state index contributed by atoms with van der Waals surface area (Å²) in [5, 5.41) is 11.1. The summed E-state index contributed by atoms with van der Waals surface area (Å²) in [7, 11) is 0. The van der Waals surface area contributed by atoms with E-state index in [-0.39, 0.29) is 10.6 Å². The maximum absolute atomic E-state index is 11.1. The zero-order valence-corrected chi connectivity index (χ0v) is 12.5. The van der Waals surface area contributed by atoms with Crippen LogP contribution in [0.5, 0.6) is 0 Å². The minimum Gasteiger partial charge on any atom is -0.369 e. The third-order valence-electron chi connectivity index (χ3n) is 2.96. The molecule has 1 fully saturated rings. The average molecular weight is 364 g/mol. The van der Waals surface area contributed by atoms with Crippen molar-refractivity contribution in [1.82, 2.24) is 0 Å². The normalized spacial score (nSPS) is 15.4. The molecule has 4 nitrogen and oxygen atoms in total. The molecule has 0 bridgehead atoms. The van der Waals surface area contributed by atoms with E-state index in [9.17, 15) is 10.1 Å². The van der Waals surface area contributed by atoms with Gasteiger partial charge in [-0.15, -0.1) is 0 Å². The van der Waals surface area contributed by atoms with E-state index in [4.69, 9.17) is 0 Å². The fourth-order valence-corrected chi connectivity index (χ4v) is 4.15. The predicted octanol–water partition coefficient (Wildman–Crippen LogP) is 4.03. The lowest BCUT2D eigenvalue weighted by molar-refractivity contribution is -0.386. The summed E-state index contributed by atoms with van der Waals surface area (Å²) in [6.45, 7) is 3.66. The molecule has 6 heteroatoms. The van der Waals surface area contributed by atoms with Crippen LogP contribution in [0.25, 0.3) is 0 Å². The Bertz CT molecular complexity index is 471. The van der Waals surface area contributed by atoms with Crippen LogP contribution in [0.2, 0.25) is 0 Å². The quantitative estimate of drug-likeness (QED) is 0.588. The van der Waals surface area contributed by atoms with Crippen LogP contribution in [0.1, 0.15) is 18.4 Å². The van der Waals surface area contributed by atoms with Gasteiger partial charge >= 0.3 is 0 Å². The molecule has 1 saturated heterocycles. The summed E-state index contributed by atoms with van der Waals surface area (Å²) in [5.41, 5.74) is 1.73. The zero-order valence-electron chi connectivity index (χ0n) is 9.37. The fraction of sp³-hybridized carbons (Fsp3) is 0.455. The lowest BCUT2D eigenvalue weighted by Gasteiger charge is -2.21. The first kappa shape index (κ1) is 12.8. The highest BCUT2D eigenvalue weighted by Gasteiger charge is 2.26. The van der Waals surface area contributed by atoms with E-state index in [2.05, 4.69) is 36.8 Å². The van der Waals surface area contributed by atoms with Gasteiger partial charge in [0.05, 0.1) is 10.6 Å². The number of hydrogen-bond acceptors (Lipinski definition) is 3. The Balaban J connectivity index is 2.58. The van der Waals surface area contributed by atoms with Crippen molar-refractivity contribution in [2.45, 2.75) is 19.8 Å². The highest BCUT2D eigenvalue weighted by molar-refractivity contribution is 9.11. The summed E-state index contributed by atoms with van der Waals surface area (Å²) in [4.78, 5) is 12.9. The van der Waals surface area contributed by atoms with Gasteiger partial charge in [0.25, 0.3) is 5.69 Å². The van der Waals surface area contributed by atoms with Crippen molar-refractivity contribution < 1.29 is 4.92 Å². The molecule has 0 saturated carbocycles. The molecule has 0 atom stereocenters. The summed E-state index contributed by atoms with van der Waals surface area (Å²) in [6.07, 6.45) is 2.28. The number of nitro groups is 1. The Kier molecular flexibility index (Phi) is 3.73. The molecule has 0 aromatic heterocycles. The second-order valence-electron chi connectivity index (χ2n) is 4.14. The maximum atomic E-state index is 11.1. The van der Waals surface area contributed by atoms with Crippen molar-refractivity contribution in [3.8, 4) is 0 Å². The molecule has 1 aliphatic heterocycles. The molecule has 1 aromatic rings. The SMILES string of the molecule is Cc1cc(Br)c(N2CCCC2)c(Br)c1[N+](=O)[O-]. The number of benzene rings is 1. The van der Waals surface area contributed by atoms with Crippen LogP contribution in [-0.4, -0.2) is 18.0 Å². The molecule has 0 N–H and O–H groups in total. The van der Waals surface area contributed by atoms with Gasteiger partial charge in [0.2, 0.25) is 0 Å². The van der Waals surface area contributed by atoms with Crippen LogP contribution in [-0.2, 0) is 0 Å². The standard InChI is InChI=1S/C11H12Br2N2O2/c1-7-6-8(12)11(14-4-2-3-5-14)9(13)10(7)15(16)17/h6H,2-5H2,1H3. The summed E-state index contributed by atoms with van der Waals surface area (Å²) >= 11 is 6.88. The van der Waals surface area contributed by atoms with Crippen molar-refractivity contribution >= 4 is 43.2 Å². The Morgan fingerprint density at radius 2 is 1.94 bits per heavy atom. The monoisotopic (exact) mass is 362 g/mol. The van der Waals surface area contributed by atoms with E-state index in [1.807, 2.05) is 6.07 Å². The molecule has 17 heavy (non-hydrogen) atoms. The summed E-state index contributed by atoms with van der Waals surface area (Å²) < 4.78 is 1.49. The molecular weight excluding hydrogens is 352 g/mol. The van der Waals surface area contributed by atoms with Gasteiger partial charge in [0, 0.05) is 23.1 Å². The van der Waals surface area contributed by atoms with Crippen LogP contribution < -0.4 is 4.90 Å². The van der Waals surface area contributed by atoms with Gasteiger partial charge in [0.1, 0.15) is 4.47 Å². The Morgan fingerprint density at radius 1 is 1.35 bits per heavy atom. The van der Waals surface area contributed by atoms with Crippen LogP contribution in [0, 0.1) is 17.0 Å². The number of nitrogens with zero attached hydrogens (tertiary/aromatic N) is 2. The second kappa shape index (κ2) is 4.94. The Hall–Kier alpha value is -0.620. The third kappa shape index (κ3) is 2.33. The van der Waals surface area contributed by atoms with E-state index in [0.717, 1.165) is 36.1 Å². The average Bonchev–Trinajstić information content (AvgIpc) is 2.69. The predicted molar refractivity (Wildman–Crippen MR) is 74.7 cm³/mol. The summed E-state index contributed by atoms with van der Waals surface area (Å²) in [5.74, 6) is 0. The number of rotatable bonds is 2. The maximum Gasteiger partial charge on any atom is 0.288 e. The largest absolute Gasteiger partial charge is 0.369 e. The number of halogens is 2. The first-order valence-corrected chi connectivity index (χ1v) is 6.99. The van der Waals surface area contributed by atoms with E-state index in [1.54, 1.807) is 6.92 Å². The van der Waals surface area contributed by atoms with Gasteiger partial charge in [0.15, 0.2) is 0 Å². The molecule has 0 radical (unpaired) electrons. The minimum absolute atomic E-state index is 0.162. The van der Waals surface area contributed by atoms with Gasteiger partial charge in [-0.2, -0.15) is 0 Å². The van der Waals surface area contributed by atoms with Crippen molar-refractivity contribution in [2.75, 3.05) is 18.0 Å². The second-order valence-corrected chi connectivity index (χ2v) is 5.79. The number of aryl methyl sites for hydroxylation is 1. The minimum atomic E-state index is -0.328. The number of anilines is 1. The fourth-order valence-electron chi connectivity index (χ4n) is 2.17. The van der Waals surface area contributed by atoms with Crippen molar-refractivity contribution in [3.05, 3.63) is 30.7 Å². The molecule has 0 unspecified atom stereocenters. The Labute approximate surface area is 116 Å². The third-order valence-corrected chi connectivity index (χ3v) is 4.32. The van der Waals surface area contributed by atoms with E-state index >= 15 is 0 Å². The smallest absolute Gasteiger partial charge is 0.288 e. The van der Waals surface area contributed by atoms with Gasteiger partial charge in [-0.25, -0.2) is 0 Å². The molecule has 92 valence electrons. The van der Waals surface area contributed by atoms with Gasteiger partial charge in [-0.05, 0) is 57.7 Å². The van der Waals surface area contributed by atoms with Gasteiger partial charge in [-0.1, -0.05) is 0 Å². The Morgan fingerprint density at radius 3 is 2.47 bits per heavy atom. The van der Waals surface area contributed by atoms with Crippen LogP contribution in [0.4, 0.5) is 11.4 Å². The van der Waals surface area contributed by atoms with E-state index in [0.29, 0.717) is 10.0 Å². The van der Waals surface area contributed by atoms with E-state index < -0.39 is 0 Å². The van der Waals surface area contributed by atoms with Crippen molar-refractivity contribution in [2.24, 2.45) is 0 Å². The number of hydrogen-bond donors (Lipinski definition) is 0. The van der Waals surface area contributed by atoms with Crippen LogP contribution in [0.3, 0.4) is 0 Å². The first-order valence-electron chi connectivity index (χ1n) is 5.40. The highest BCUT2D eigenvalue weighted by atomic mass is 79.9. The van der Waals surface area contributed by atoms with Gasteiger partial charge < -0.3 is 4.90 Å². The lowest BCUT2D eigenvalue weighted by atomic mass is 10.1. The van der Waals surface area contributed by atoms with Gasteiger partial charge in [-0.3, -0.25) is 10.1 Å². The molecule has 0 amide bonds. The van der Waals surface area contributed by atoms with Crippen molar-refractivity contribution in [1.29, 1.82) is 0 Å². The van der Waals surface area contributed by atoms with Crippen molar-refractivity contribution in [3.63, 3.8) is 0 Å². The molecule has 2 rings (SSSR count). The molecule has 1 aromatic carbocycles. The summed E-state index contributed by atoms with van der Waals surface area (Å²) in [6, 6.07) is 1.82. The lowest BCUT2D eigenvalue weighted by Crippen LogP contribution is -2.19. The first-order chi connectivity index (χ1) is 8.02. The van der Waals surface area contributed by atoms with Crippen LogP contribution >= 0.6 is 31.9 Å². The molecule has 0 spiro atoms. The molecule has 0 aliphatic carbocycles. The molecule has 1 heterocycles. The van der Waals surface area contributed by atoms with Crippen LogP contribution in [0.15, 0.2) is 15.0 Å².